The van der Waals surface area contributed by atoms with E-state index in [-0.39, 0.29) is 0 Å². The first kappa shape index (κ1) is 22.0. The molecule has 0 amide bonds. The van der Waals surface area contributed by atoms with Gasteiger partial charge in [-0.2, -0.15) is 5.10 Å². The van der Waals surface area contributed by atoms with Gasteiger partial charge in [0.1, 0.15) is 22.9 Å². The lowest BCUT2D eigenvalue weighted by Crippen LogP contribution is -2.07. The monoisotopic (exact) mass is 470 g/mol. The second-order valence-corrected chi connectivity index (χ2v) is 8.23. The van der Waals surface area contributed by atoms with Crippen molar-refractivity contribution in [1.82, 2.24) is 24.5 Å². The van der Waals surface area contributed by atoms with Crippen molar-refractivity contribution in [3.05, 3.63) is 65.3 Å². The van der Waals surface area contributed by atoms with Crippen molar-refractivity contribution in [3.8, 4) is 28.7 Å². The minimum atomic E-state index is 0.551. The average molecular weight is 471 g/mol. The summed E-state index contributed by atoms with van der Waals surface area (Å²) in [6.45, 7) is 0. The van der Waals surface area contributed by atoms with Crippen molar-refractivity contribution in [3.63, 3.8) is 0 Å². The van der Waals surface area contributed by atoms with Gasteiger partial charge in [-0.05, 0) is 54.3 Å². The van der Waals surface area contributed by atoms with Crippen molar-refractivity contribution < 1.29 is 9.47 Å². The molecule has 0 radical (unpaired) electrons. The van der Waals surface area contributed by atoms with E-state index in [0.717, 1.165) is 17.2 Å². The second kappa shape index (κ2) is 9.97. The lowest BCUT2D eigenvalue weighted by molar-refractivity contribution is 0.391. The Morgan fingerprint density at radius 2 is 1.72 bits per heavy atom. The number of aromatic nitrogens is 5. The molecule has 4 rings (SSSR count). The van der Waals surface area contributed by atoms with Gasteiger partial charge in [-0.25, -0.2) is 0 Å². The maximum absolute atomic E-state index is 5.97. The zero-order chi connectivity index (χ0) is 22.5. The van der Waals surface area contributed by atoms with Gasteiger partial charge in [0.05, 0.1) is 14.2 Å². The molecule has 0 unspecified atom stereocenters. The maximum atomic E-state index is 5.97. The molecule has 10 heteroatoms. The minimum Gasteiger partial charge on any atom is -0.494 e. The Kier molecular flexibility index (Phi) is 6.87. The van der Waals surface area contributed by atoms with Gasteiger partial charge in [0.2, 0.25) is 5.95 Å². The largest absolute Gasteiger partial charge is 0.494 e. The lowest BCUT2D eigenvalue weighted by atomic mass is 10.2. The number of rotatable bonds is 9. The highest BCUT2D eigenvalue weighted by Crippen LogP contribution is 2.37. The summed E-state index contributed by atoms with van der Waals surface area (Å²) in [6, 6.07) is 15.4. The van der Waals surface area contributed by atoms with Gasteiger partial charge < -0.3 is 9.47 Å². The molecular weight excluding hydrogens is 448 g/mol. The minimum absolute atomic E-state index is 0.551. The van der Waals surface area contributed by atoms with Gasteiger partial charge in [0.15, 0.2) is 5.82 Å². The Balaban J connectivity index is 1.65. The molecule has 0 atom stereocenters. The zero-order valence-electron chi connectivity index (χ0n) is 17.9. The third-order valence-corrected chi connectivity index (χ3v) is 5.79. The summed E-state index contributed by atoms with van der Waals surface area (Å²) in [5.41, 5.74) is 2.60. The summed E-state index contributed by atoms with van der Waals surface area (Å²) >= 11 is 7.51. The molecular formula is C22H23ClN6O2S. The van der Waals surface area contributed by atoms with Crippen molar-refractivity contribution in [2.75, 3.05) is 24.7 Å². The predicted octanol–water partition coefficient (Wildman–Crippen LogP) is 4.64. The number of ether oxygens (including phenoxy) is 2. The van der Waals surface area contributed by atoms with E-state index in [4.69, 9.17) is 21.1 Å². The van der Waals surface area contributed by atoms with E-state index < -0.39 is 0 Å². The predicted molar refractivity (Wildman–Crippen MR) is 128 cm³/mol. The Morgan fingerprint density at radius 3 is 2.34 bits per heavy atom. The van der Waals surface area contributed by atoms with Gasteiger partial charge in [-0.1, -0.05) is 29.8 Å². The quantitative estimate of drug-likeness (QED) is 0.282. The van der Waals surface area contributed by atoms with Crippen LogP contribution in [0.1, 0.15) is 5.56 Å². The number of aryl methyl sites for hydroxylation is 2. The Labute approximate surface area is 195 Å². The first-order chi connectivity index (χ1) is 15.6. The van der Waals surface area contributed by atoms with Gasteiger partial charge >= 0.3 is 0 Å². The average Bonchev–Trinajstić information content (AvgIpc) is 3.43. The number of hydrogen-bond acceptors (Lipinski definition) is 7. The molecule has 2 aromatic heterocycles. The van der Waals surface area contributed by atoms with Crippen LogP contribution >= 0.6 is 23.5 Å². The molecule has 0 saturated heterocycles. The first-order valence-electron chi connectivity index (χ1n) is 9.89. The molecule has 0 fully saturated rings. The summed E-state index contributed by atoms with van der Waals surface area (Å²) in [6.07, 6.45) is 2.75. The van der Waals surface area contributed by atoms with Gasteiger partial charge in [-0.3, -0.25) is 14.0 Å². The van der Waals surface area contributed by atoms with Gasteiger partial charge in [0.25, 0.3) is 0 Å². The maximum Gasteiger partial charge on any atom is 0.239 e. The molecule has 1 N–H and O–H groups in total. The SMILES string of the molecule is COc1cccc(OC)c1-n1c(NSCCc2ccc(Cl)cc2)nnc1-c1ccn(C)n1. The molecule has 0 aliphatic heterocycles. The smallest absolute Gasteiger partial charge is 0.239 e. The molecule has 0 saturated carbocycles. The number of para-hydroxylation sites is 1. The fourth-order valence-corrected chi connectivity index (χ4v) is 4.08. The van der Waals surface area contributed by atoms with Crippen LogP contribution in [0.4, 0.5) is 5.95 Å². The number of anilines is 1. The molecule has 0 spiro atoms. The summed E-state index contributed by atoms with van der Waals surface area (Å²) in [5.74, 6) is 3.23. The normalized spacial score (nSPS) is 10.9. The highest BCUT2D eigenvalue weighted by Gasteiger charge is 2.23. The van der Waals surface area contributed by atoms with Crippen LogP contribution in [0.15, 0.2) is 54.7 Å². The third-order valence-electron chi connectivity index (χ3n) is 4.80. The molecule has 166 valence electrons. The van der Waals surface area contributed by atoms with Crippen LogP contribution < -0.4 is 14.2 Å². The summed E-state index contributed by atoms with van der Waals surface area (Å²) < 4.78 is 18.2. The number of benzene rings is 2. The molecule has 2 aromatic carbocycles. The van der Waals surface area contributed by atoms with Crippen LogP contribution in [-0.4, -0.2) is 44.5 Å². The zero-order valence-corrected chi connectivity index (χ0v) is 19.5. The van der Waals surface area contributed by atoms with Crippen LogP contribution in [0.2, 0.25) is 5.02 Å². The van der Waals surface area contributed by atoms with Crippen LogP contribution in [0.5, 0.6) is 11.5 Å². The number of nitrogens with zero attached hydrogens (tertiary/aromatic N) is 5. The fourth-order valence-electron chi connectivity index (χ4n) is 3.25. The highest BCUT2D eigenvalue weighted by molar-refractivity contribution is 8.00. The molecule has 0 aliphatic rings. The van der Waals surface area contributed by atoms with Crippen LogP contribution in [-0.2, 0) is 13.5 Å². The third kappa shape index (κ3) is 4.68. The summed E-state index contributed by atoms with van der Waals surface area (Å²) in [5, 5.41) is 14.0. The first-order valence-corrected chi connectivity index (χ1v) is 11.3. The van der Waals surface area contributed by atoms with Crippen molar-refractivity contribution >= 4 is 29.5 Å². The molecule has 0 aliphatic carbocycles. The summed E-state index contributed by atoms with van der Waals surface area (Å²) in [7, 11) is 5.10. The molecule has 0 bridgehead atoms. The number of methoxy groups -OCH3 is 2. The molecule has 8 nitrogen and oxygen atoms in total. The van der Waals surface area contributed by atoms with Crippen molar-refractivity contribution in [1.29, 1.82) is 0 Å². The number of halogens is 1. The van der Waals surface area contributed by atoms with Crippen LogP contribution in [0, 0.1) is 0 Å². The molecule has 32 heavy (non-hydrogen) atoms. The van der Waals surface area contributed by atoms with E-state index in [0.29, 0.717) is 34.7 Å². The van der Waals surface area contributed by atoms with E-state index in [1.807, 2.05) is 66.3 Å². The van der Waals surface area contributed by atoms with E-state index in [1.54, 1.807) is 30.8 Å². The topological polar surface area (TPSA) is 79.0 Å². The summed E-state index contributed by atoms with van der Waals surface area (Å²) in [4.78, 5) is 0. The Bertz CT molecular complexity index is 1170. The fraction of sp³-hybridized carbons (Fsp3) is 0.227. The van der Waals surface area contributed by atoms with Crippen LogP contribution in [0.3, 0.4) is 0 Å². The van der Waals surface area contributed by atoms with Gasteiger partial charge in [-0.15, -0.1) is 10.2 Å². The highest BCUT2D eigenvalue weighted by atomic mass is 35.5. The Morgan fingerprint density at radius 1 is 1.00 bits per heavy atom. The van der Waals surface area contributed by atoms with Crippen molar-refractivity contribution in [2.24, 2.45) is 7.05 Å². The van der Waals surface area contributed by atoms with Crippen molar-refractivity contribution in [2.45, 2.75) is 6.42 Å². The van der Waals surface area contributed by atoms with Crippen LogP contribution in [0.25, 0.3) is 17.2 Å². The lowest BCUT2D eigenvalue weighted by Gasteiger charge is -2.17. The standard InChI is InChI=1S/C22H23ClN6O2S/c1-28-13-11-17(26-28)21-24-25-22(27-32-14-12-15-7-9-16(23)10-8-15)29(21)20-18(30-2)5-4-6-19(20)31-3/h4-11,13H,12,14H2,1-3H3,(H,25,27). The second-order valence-electron chi connectivity index (χ2n) is 6.90. The number of nitrogens with one attached hydrogen (secondary N) is 1. The van der Waals surface area contributed by atoms with E-state index in [9.17, 15) is 0 Å². The number of hydrogen-bond donors (Lipinski definition) is 1. The van der Waals surface area contributed by atoms with E-state index in [1.165, 1.54) is 5.56 Å². The van der Waals surface area contributed by atoms with E-state index in [2.05, 4.69) is 20.0 Å². The molecule has 4 aromatic rings. The van der Waals surface area contributed by atoms with Gasteiger partial charge in [0, 0.05) is 24.0 Å². The Hall–Kier alpha value is -3.17. The van der Waals surface area contributed by atoms with E-state index >= 15 is 0 Å². The molecule has 2 heterocycles.